The van der Waals surface area contributed by atoms with Crippen LogP contribution in [0.3, 0.4) is 0 Å². The SMILES string of the molecule is O=c1c2ccccc2nc(SC[C@H]2CCCO2)n1Cc1ccc(Cl)cc1. The van der Waals surface area contributed by atoms with Crippen molar-refractivity contribution >= 4 is 34.3 Å². The maximum Gasteiger partial charge on any atom is 0.262 e. The van der Waals surface area contributed by atoms with Crippen LogP contribution >= 0.6 is 23.4 Å². The second-order valence-corrected chi connectivity index (χ2v) is 7.80. The smallest absolute Gasteiger partial charge is 0.262 e. The summed E-state index contributed by atoms with van der Waals surface area (Å²) in [6.45, 7) is 1.30. The third-order valence-corrected chi connectivity index (χ3v) is 5.86. The minimum atomic E-state index is -0.0135. The summed E-state index contributed by atoms with van der Waals surface area (Å²) < 4.78 is 7.47. The van der Waals surface area contributed by atoms with Crippen LogP contribution < -0.4 is 5.56 Å². The molecule has 26 heavy (non-hydrogen) atoms. The second kappa shape index (κ2) is 7.82. The Bertz CT molecular complexity index is 966. The third-order valence-electron chi connectivity index (χ3n) is 4.50. The van der Waals surface area contributed by atoms with Crippen LogP contribution in [0.2, 0.25) is 5.02 Å². The highest BCUT2D eigenvalue weighted by atomic mass is 35.5. The maximum atomic E-state index is 13.1. The van der Waals surface area contributed by atoms with Crippen molar-refractivity contribution in [2.45, 2.75) is 30.6 Å². The predicted molar refractivity (Wildman–Crippen MR) is 106 cm³/mol. The summed E-state index contributed by atoms with van der Waals surface area (Å²) >= 11 is 7.58. The van der Waals surface area contributed by atoms with Gasteiger partial charge in [0.05, 0.1) is 23.6 Å². The van der Waals surface area contributed by atoms with Crippen molar-refractivity contribution < 1.29 is 4.74 Å². The van der Waals surface area contributed by atoms with Crippen molar-refractivity contribution in [3.8, 4) is 0 Å². The molecule has 0 N–H and O–H groups in total. The number of para-hydroxylation sites is 1. The summed E-state index contributed by atoms with van der Waals surface area (Å²) in [6.07, 6.45) is 2.42. The molecule has 4 rings (SSSR count). The number of aromatic nitrogens is 2. The van der Waals surface area contributed by atoms with Gasteiger partial charge in [0, 0.05) is 17.4 Å². The van der Waals surface area contributed by atoms with E-state index in [-0.39, 0.29) is 11.7 Å². The Hall–Kier alpha value is -1.82. The van der Waals surface area contributed by atoms with Crippen LogP contribution in [0.4, 0.5) is 0 Å². The highest BCUT2D eigenvalue weighted by molar-refractivity contribution is 7.99. The largest absolute Gasteiger partial charge is 0.377 e. The monoisotopic (exact) mass is 386 g/mol. The summed E-state index contributed by atoms with van der Waals surface area (Å²) in [6, 6.07) is 15.1. The Morgan fingerprint density at radius 1 is 1.19 bits per heavy atom. The zero-order valence-corrected chi connectivity index (χ0v) is 15.8. The van der Waals surface area contributed by atoms with E-state index < -0.39 is 0 Å². The number of nitrogens with zero attached hydrogens (tertiary/aromatic N) is 2. The number of benzene rings is 2. The topological polar surface area (TPSA) is 44.1 Å². The van der Waals surface area contributed by atoms with Gasteiger partial charge >= 0.3 is 0 Å². The lowest BCUT2D eigenvalue weighted by Crippen LogP contribution is -2.24. The van der Waals surface area contributed by atoms with Crippen LogP contribution in [0, 0.1) is 0 Å². The fraction of sp³-hybridized carbons (Fsp3) is 0.300. The van der Waals surface area contributed by atoms with Gasteiger partial charge in [-0.1, -0.05) is 47.6 Å². The van der Waals surface area contributed by atoms with E-state index in [1.165, 1.54) is 0 Å². The summed E-state index contributed by atoms with van der Waals surface area (Å²) in [4.78, 5) is 17.8. The van der Waals surface area contributed by atoms with Crippen molar-refractivity contribution in [2.24, 2.45) is 0 Å². The molecule has 6 heteroatoms. The van der Waals surface area contributed by atoms with E-state index in [4.69, 9.17) is 21.3 Å². The molecular formula is C20H19ClN2O2S. The van der Waals surface area contributed by atoms with Crippen LogP contribution in [0.15, 0.2) is 58.5 Å². The van der Waals surface area contributed by atoms with Crippen LogP contribution in [-0.4, -0.2) is 28.0 Å². The van der Waals surface area contributed by atoms with E-state index in [0.717, 1.165) is 41.4 Å². The highest BCUT2D eigenvalue weighted by Gasteiger charge is 2.18. The lowest BCUT2D eigenvalue weighted by Gasteiger charge is -2.15. The second-order valence-electron chi connectivity index (χ2n) is 6.38. The fourth-order valence-corrected chi connectivity index (χ4v) is 4.30. The van der Waals surface area contributed by atoms with Gasteiger partial charge < -0.3 is 4.74 Å². The minimum Gasteiger partial charge on any atom is -0.377 e. The van der Waals surface area contributed by atoms with Gasteiger partial charge in [0.15, 0.2) is 5.16 Å². The van der Waals surface area contributed by atoms with Gasteiger partial charge in [-0.25, -0.2) is 4.98 Å². The summed E-state index contributed by atoms with van der Waals surface area (Å²) in [5.41, 5.74) is 1.74. The average Bonchev–Trinajstić information content (AvgIpc) is 3.18. The van der Waals surface area contributed by atoms with Crippen LogP contribution in [0.1, 0.15) is 18.4 Å². The van der Waals surface area contributed by atoms with E-state index in [9.17, 15) is 4.79 Å². The molecule has 0 unspecified atom stereocenters. The van der Waals surface area contributed by atoms with Crippen LogP contribution in [0.5, 0.6) is 0 Å². The fourth-order valence-electron chi connectivity index (χ4n) is 3.11. The van der Waals surface area contributed by atoms with Gasteiger partial charge in [0.2, 0.25) is 0 Å². The van der Waals surface area contributed by atoms with E-state index in [0.29, 0.717) is 17.0 Å². The zero-order chi connectivity index (χ0) is 17.9. The molecule has 1 saturated heterocycles. The van der Waals surface area contributed by atoms with Crippen LogP contribution in [0.25, 0.3) is 10.9 Å². The van der Waals surface area contributed by atoms with Gasteiger partial charge in [0.25, 0.3) is 5.56 Å². The van der Waals surface area contributed by atoms with Crippen molar-refractivity contribution in [3.63, 3.8) is 0 Å². The van der Waals surface area contributed by atoms with Gasteiger partial charge in [-0.2, -0.15) is 0 Å². The van der Waals surface area contributed by atoms with E-state index in [2.05, 4.69) is 0 Å². The number of hydrogen-bond acceptors (Lipinski definition) is 4. The Morgan fingerprint density at radius 3 is 2.77 bits per heavy atom. The lowest BCUT2D eigenvalue weighted by atomic mass is 10.2. The molecule has 1 aromatic heterocycles. The number of fused-ring (bicyclic) bond motifs is 1. The van der Waals surface area contributed by atoms with E-state index in [1.807, 2.05) is 48.5 Å². The molecule has 0 amide bonds. The normalized spacial score (nSPS) is 17.0. The number of thioether (sulfide) groups is 1. The van der Waals surface area contributed by atoms with Crippen molar-refractivity contribution in [1.29, 1.82) is 0 Å². The van der Waals surface area contributed by atoms with Gasteiger partial charge in [-0.3, -0.25) is 9.36 Å². The first kappa shape index (κ1) is 17.6. The van der Waals surface area contributed by atoms with Gasteiger partial charge in [0.1, 0.15) is 0 Å². The molecular weight excluding hydrogens is 368 g/mol. The number of rotatable bonds is 5. The van der Waals surface area contributed by atoms with Crippen LogP contribution in [-0.2, 0) is 11.3 Å². The third kappa shape index (κ3) is 3.80. The van der Waals surface area contributed by atoms with Crippen molar-refractivity contribution in [3.05, 3.63) is 69.5 Å². The first-order valence-electron chi connectivity index (χ1n) is 8.69. The quantitative estimate of drug-likeness (QED) is 0.482. The van der Waals surface area contributed by atoms with Crippen molar-refractivity contribution in [1.82, 2.24) is 9.55 Å². The molecule has 1 atom stereocenters. The molecule has 0 bridgehead atoms. The maximum absolute atomic E-state index is 13.1. The Morgan fingerprint density at radius 2 is 2.00 bits per heavy atom. The van der Waals surface area contributed by atoms with Gasteiger partial charge in [-0.15, -0.1) is 0 Å². The number of ether oxygens (including phenoxy) is 1. The molecule has 1 fully saturated rings. The zero-order valence-electron chi connectivity index (χ0n) is 14.2. The van der Waals surface area contributed by atoms with E-state index in [1.54, 1.807) is 16.3 Å². The molecule has 0 spiro atoms. The van der Waals surface area contributed by atoms with E-state index >= 15 is 0 Å². The molecule has 134 valence electrons. The molecule has 0 aliphatic carbocycles. The number of halogens is 1. The molecule has 0 saturated carbocycles. The minimum absolute atomic E-state index is 0.0135. The number of hydrogen-bond donors (Lipinski definition) is 0. The summed E-state index contributed by atoms with van der Waals surface area (Å²) in [5, 5.41) is 2.06. The first-order valence-corrected chi connectivity index (χ1v) is 10.1. The average molecular weight is 387 g/mol. The molecule has 0 radical (unpaired) electrons. The standard InChI is InChI=1S/C20H19ClN2O2S/c21-15-9-7-14(8-10-15)12-23-19(24)17-5-1-2-6-18(17)22-20(23)26-13-16-4-3-11-25-16/h1-2,5-10,16H,3-4,11-13H2/t16-/m1/s1. The highest BCUT2D eigenvalue weighted by Crippen LogP contribution is 2.24. The summed E-state index contributed by atoms with van der Waals surface area (Å²) in [5.74, 6) is 0.811. The Balaban J connectivity index is 1.71. The first-order chi connectivity index (χ1) is 12.7. The molecule has 3 aromatic rings. The molecule has 2 heterocycles. The van der Waals surface area contributed by atoms with Gasteiger partial charge in [-0.05, 0) is 42.7 Å². The molecule has 1 aliphatic heterocycles. The summed E-state index contributed by atoms with van der Waals surface area (Å²) in [7, 11) is 0. The lowest BCUT2D eigenvalue weighted by molar-refractivity contribution is 0.129. The molecule has 4 nitrogen and oxygen atoms in total. The molecule has 2 aromatic carbocycles. The van der Waals surface area contributed by atoms with Crippen molar-refractivity contribution in [2.75, 3.05) is 12.4 Å². The molecule has 1 aliphatic rings. The Kier molecular flexibility index (Phi) is 5.29. The Labute approximate surface area is 161 Å². The predicted octanol–water partition coefficient (Wildman–Crippen LogP) is 4.37.